The number of nitrogen functional groups attached to an aromatic ring is 1. The Kier molecular flexibility index (Phi) is 5.14. The van der Waals surface area contributed by atoms with Gasteiger partial charge in [-0.1, -0.05) is 6.07 Å². The number of hydrogen-bond donors (Lipinski definition) is 3. The maximum atomic E-state index is 13.0. The maximum Gasteiger partial charge on any atom is 0.264 e. The largest absolute Gasteiger partial charge is 0.506 e. The van der Waals surface area contributed by atoms with Crippen LogP contribution in [0, 0.1) is 0 Å². The van der Waals surface area contributed by atoms with Gasteiger partial charge in [-0.15, -0.1) is 0 Å². The number of hydrogen-bond acceptors (Lipinski definition) is 8. The summed E-state index contributed by atoms with van der Waals surface area (Å²) in [6, 6.07) is 5.38. The molecule has 2 amide bonds. The fourth-order valence-corrected chi connectivity index (χ4v) is 4.17. The van der Waals surface area contributed by atoms with Crippen molar-refractivity contribution in [1.29, 1.82) is 0 Å². The standard InChI is InChI=1S/C19H20N2O7S/c1-3-28-15-8-10(4-6-13(15)22)12(9-29(2,26)27)21-18(24)11-5-7-14(23)17(20)16(11)19(21)25/h4-8,12,22-23H,3,9,20H2,1-2H3/t12-/m1/s1. The van der Waals surface area contributed by atoms with Crippen molar-refractivity contribution in [3.8, 4) is 17.2 Å². The molecule has 0 unspecified atom stereocenters. The lowest BCUT2D eigenvalue weighted by atomic mass is 10.1. The van der Waals surface area contributed by atoms with Gasteiger partial charge in [-0.2, -0.15) is 0 Å². The van der Waals surface area contributed by atoms with Crippen molar-refractivity contribution in [2.24, 2.45) is 0 Å². The summed E-state index contributed by atoms with van der Waals surface area (Å²) in [5.41, 5.74) is 5.63. The van der Waals surface area contributed by atoms with Crippen LogP contribution in [0.15, 0.2) is 30.3 Å². The molecule has 3 rings (SSSR count). The van der Waals surface area contributed by atoms with Crippen molar-refractivity contribution in [3.05, 3.63) is 47.0 Å². The van der Waals surface area contributed by atoms with E-state index in [0.717, 1.165) is 11.2 Å². The van der Waals surface area contributed by atoms with Crippen LogP contribution in [0.3, 0.4) is 0 Å². The highest BCUT2D eigenvalue weighted by Gasteiger charge is 2.43. The second-order valence-corrected chi connectivity index (χ2v) is 8.85. The van der Waals surface area contributed by atoms with E-state index in [4.69, 9.17) is 10.5 Å². The molecule has 1 aliphatic heterocycles. The van der Waals surface area contributed by atoms with E-state index in [1.54, 1.807) is 6.92 Å². The summed E-state index contributed by atoms with van der Waals surface area (Å²) in [5, 5.41) is 19.7. The molecule has 0 aliphatic carbocycles. The van der Waals surface area contributed by atoms with Gasteiger partial charge < -0.3 is 20.7 Å². The number of fused-ring (bicyclic) bond motifs is 1. The van der Waals surface area contributed by atoms with Crippen molar-refractivity contribution >= 4 is 27.3 Å². The Balaban J connectivity index is 2.14. The van der Waals surface area contributed by atoms with E-state index >= 15 is 0 Å². The van der Waals surface area contributed by atoms with Gasteiger partial charge in [0.25, 0.3) is 11.8 Å². The number of anilines is 1. The number of carbonyl (C=O) groups excluding carboxylic acids is 2. The molecule has 0 saturated carbocycles. The number of nitrogens with two attached hydrogens (primary N) is 1. The normalized spacial score (nSPS) is 14.8. The third kappa shape index (κ3) is 3.70. The van der Waals surface area contributed by atoms with Crippen LogP contribution in [0.2, 0.25) is 0 Å². The van der Waals surface area contributed by atoms with Gasteiger partial charge in [0.05, 0.1) is 35.2 Å². The molecule has 0 saturated heterocycles. The van der Waals surface area contributed by atoms with Crippen LogP contribution in [0.1, 0.15) is 39.2 Å². The summed E-state index contributed by atoms with van der Waals surface area (Å²) in [6.07, 6.45) is 0.988. The van der Waals surface area contributed by atoms with Gasteiger partial charge in [0.15, 0.2) is 11.5 Å². The molecule has 0 aromatic heterocycles. The molecule has 154 valence electrons. The smallest absolute Gasteiger partial charge is 0.264 e. The zero-order valence-corrected chi connectivity index (χ0v) is 16.6. The number of imide groups is 1. The van der Waals surface area contributed by atoms with Gasteiger partial charge in [-0.05, 0) is 36.8 Å². The first-order valence-electron chi connectivity index (χ1n) is 8.68. The fourth-order valence-electron chi connectivity index (χ4n) is 3.26. The van der Waals surface area contributed by atoms with Crippen LogP contribution in [-0.2, 0) is 9.84 Å². The average Bonchev–Trinajstić information content (AvgIpc) is 2.88. The van der Waals surface area contributed by atoms with E-state index in [0.29, 0.717) is 0 Å². The lowest BCUT2D eigenvalue weighted by molar-refractivity contribution is 0.0597. The van der Waals surface area contributed by atoms with Crippen LogP contribution < -0.4 is 10.5 Å². The number of nitrogens with zero attached hydrogens (tertiary/aromatic N) is 1. The first-order valence-corrected chi connectivity index (χ1v) is 10.7. The summed E-state index contributed by atoms with van der Waals surface area (Å²) in [5.74, 6) is -2.49. The molecule has 0 spiro atoms. The number of phenols is 2. The highest BCUT2D eigenvalue weighted by Crippen LogP contribution is 2.39. The molecule has 2 aromatic rings. The minimum absolute atomic E-state index is 0.0207. The van der Waals surface area contributed by atoms with E-state index in [9.17, 15) is 28.2 Å². The number of carbonyl (C=O) groups is 2. The van der Waals surface area contributed by atoms with Crippen LogP contribution >= 0.6 is 0 Å². The minimum Gasteiger partial charge on any atom is -0.506 e. The van der Waals surface area contributed by atoms with Crippen LogP contribution in [0.25, 0.3) is 0 Å². The number of ether oxygens (including phenoxy) is 1. The highest BCUT2D eigenvalue weighted by atomic mass is 32.2. The first kappa shape index (κ1) is 20.5. The maximum absolute atomic E-state index is 13.0. The van der Waals surface area contributed by atoms with Crippen LogP contribution in [-0.4, -0.2) is 54.0 Å². The van der Waals surface area contributed by atoms with Crippen LogP contribution in [0.5, 0.6) is 17.2 Å². The Morgan fingerprint density at radius 2 is 1.76 bits per heavy atom. The van der Waals surface area contributed by atoms with Crippen molar-refractivity contribution in [2.75, 3.05) is 24.3 Å². The molecule has 0 bridgehead atoms. The van der Waals surface area contributed by atoms with Crippen molar-refractivity contribution in [1.82, 2.24) is 4.90 Å². The topological polar surface area (TPSA) is 147 Å². The van der Waals surface area contributed by atoms with E-state index in [1.807, 2.05) is 0 Å². The number of phenolic OH excluding ortho intramolecular Hbond substituents is 2. The predicted octanol–water partition coefficient (Wildman–Crippen LogP) is 1.46. The molecule has 9 nitrogen and oxygen atoms in total. The van der Waals surface area contributed by atoms with Crippen molar-refractivity contribution in [2.45, 2.75) is 13.0 Å². The predicted molar refractivity (Wildman–Crippen MR) is 105 cm³/mol. The van der Waals surface area contributed by atoms with Gasteiger partial charge in [0.2, 0.25) is 0 Å². The van der Waals surface area contributed by atoms with E-state index in [1.165, 1.54) is 30.3 Å². The molecule has 10 heteroatoms. The molecule has 0 radical (unpaired) electrons. The number of benzene rings is 2. The summed E-state index contributed by atoms with van der Waals surface area (Å²) in [4.78, 5) is 26.7. The molecule has 4 N–H and O–H groups in total. The van der Waals surface area contributed by atoms with Gasteiger partial charge in [-0.3, -0.25) is 14.5 Å². The van der Waals surface area contributed by atoms with E-state index in [2.05, 4.69) is 0 Å². The summed E-state index contributed by atoms with van der Waals surface area (Å²) < 4.78 is 29.5. The SMILES string of the molecule is CCOc1cc([C@@H](CS(C)(=O)=O)N2C(=O)c3ccc(O)c(N)c3C2=O)ccc1O. The Hall–Kier alpha value is -3.27. The molecular formula is C19H20N2O7S. The molecule has 1 aliphatic rings. The molecule has 2 aromatic carbocycles. The summed E-state index contributed by atoms with van der Waals surface area (Å²) in [7, 11) is -3.63. The monoisotopic (exact) mass is 420 g/mol. The lowest BCUT2D eigenvalue weighted by Crippen LogP contribution is -2.37. The second-order valence-electron chi connectivity index (χ2n) is 6.67. The molecular weight excluding hydrogens is 400 g/mol. The zero-order valence-electron chi connectivity index (χ0n) is 15.7. The summed E-state index contributed by atoms with van der Waals surface area (Å²) in [6.45, 7) is 1.95. The Bertz CT molecular complexity index is 1110. The summed E-state index contributed by atoms with van der Waals surface area (Å²) >= 11 is 0. The number of aromatic hydroxyl groups is 2. The van der Waals surface area contributed by atoms with Gasteiger partial charge in [0, 0.05) is 6.26 Å². The average molecular weight is 420 g/mol. The first-order chi connectivity index (χ1) is 13.5. The Morgan fingerprint density at radius 3 is 2.38 bits per heavy atom. The van der Waals surface area contributed by atoms with Gasteiger partial charge in [0.1, 0.15) is 15.6 Å². The minimum atomic E-state index is -3.63. The zero-order chi connectivity index (χ0) is 21.5. The fraction of sp³-hybridized carbons (Fsp3) is 0.263. The van der Waals surface area contributed by atoms with Crippen LogP contribution in [0.4, 0.5) is 5.69 Å². The lowest BCUT2D eigenvalue weighted by Gasteiger charge is -2.26. The third-order valence-corrected chi connectivity index (χ3v) is 5.47. The molecule has 0 fully saturated rings. The van der Waals surface area contributed by atoms with Crippen molar-refractivity contribution in [3.63, 3.8) is 0 Å². The number of rotatable bonds is 6. The number of sulfone groups is 1. The Morgan fingerprint density at radius 1 is 1.10 bits per heavy atom. The molecule has 1 atom stereocenters. The molecule has 1 heterocycles. The molecule has 29 heavy (non-hydrogen) atoms. The van der Waals surface area contributed by atoms with Gasteiger partial charge >= 0.3 is 0 Å². The quantitative estimate of drug-likeness (QED) is 0.361. The second kappa shape index (κ2) is 7.28. The Labute approximate surface area is 167 Å². The number of amides is 2. The highest BCUT2D eigenvalue weighted by molar-refractivity contribution is 7.90. The third-order valence-electron chi connectivity index (χ3n) is 4.55. The van der Waals surface area contributed by atoms with Gasteiger partial charge in [-0.25, -0.2) is 8.42 Å². The van der Waals surface area contributed by atoms with E-state index < -0.39 is 33.4 Å². The van der Waals surface area contributed by atoms with E-state index in [-0.39, 0.29) is 46.2 Å². The van der Waals surface area contributed by atoms with Crippen molar-refractivity contribution < 1.29 is 33.0 Å².